The van der Waals surface area contributed by atoms with Gasteiger partial charge in [-0.15, -0.1) is 48.1 Å². The van der Waals surface area contributed by atoms with Crippen LogP contribution in [0.4, 0.5) is 22.7 Å². The zero-order chi connectivity index (χ0) is 52.9. The summed E-state index contributed by atoms with van der Waals surface area (Å²) < 4.78 is 11.5. The molecule has 0 N–H and O–H groups in total. The van der Waals surface area contributed by atoms with Crippen molar-refractivity contribution in [3.05, 3.63) is 303 Å². The standard InChI is InChI=1S/C74H48N5O.Pt/c1-74(64-32-13-8-27-56(64)57-28-9-14-33-65(57)74)51-41-42-75-72(43-51)79-68-36-17-12-31-60(68)61-40-39-55(47-71(61)79)80-54-26-20-25-52(44-54)76-48-77(70-38-19-18-37-69(70)76)73-62(49-21-4-2-5-22-49)45-53(46-63(73)50-23-6-3-7-24-50)78-66-34-15-10-29-58(66)59-30-11-16-35-67(59)78;/h2-43,45-46,48H,1H3;/q-3;. The molecule has 0 spiro atoms. The van der Waals surface area contributed by atoms with E-state index in [0.29, 0.717) is 11.5 Å². The molecule has 1 aliphatic heterocycles. The number of benzene rings is 11. The molecule has 388 valence electrons. The van der Waals surface area contributed by atoms with Gasteiger partial charge in [0.1, 0.15) is 5.82 Å². The molecule has 81 heavy (non-hydrogen) atoms. The molecule has 0 unspecified atom stereocenters. The number of ether oxygens (including phenoxy) is 1. The number of aromatic nitrogens is 3. The van der Waals surface area contributed by atoms with Crippen LogP contribution in [0.15, 0.2) is 267 Å². The summed E-state index contributed by atoms with van der Waals surface area (Å²) in [4.78, 5) is 9.65. The molecule has 6 nitrogen and oxygen atoms in total. The van der Waals surface area contributed by atoms with E-state index >= 15 is 0 Å². The largest absolute Gasteiger partial charge is 0.509 e. The first kappa shape index (κ1) is 48.4. The number of rotatable bonds is 9. The third-order valence-corrected chi connectivity index (χ3v) is 16.5. The molecule has 11 aromatic carbocycles. The zero-order valence-electron chi connectivity index (χ0n) is 43.9. The van der Waals surface area contributed by atoms with Gasteiger partial charge in [0, 0.05) is 94.3 Å². The molecule has 16 rings (SSSR count). The second-order valence-electron chi connectivity index (χ2n) is 20.9. The van der Waals surface area contributed by atoms with Crippen molar-refractivity contribution >= 4 is 66.4 Å². The molecule has 0 fully saturated rings. The van der Waals surface area contributed by atoms with E-state index in [1.165, 1.54) is 38.6 Å². The SMILES string of the molecule is CC1(c2ccnc(-n3c4[c-]c(Oc5[c-]c(N6[CH-]N(c7c(-c8ccccc8)cc(-n8c9ccccc9c9ccccc98)cc7-c7ccccc7)c7ccccc76)ccc5)ccc4c4ccccc43)c2)c2ccccc2-c2ccccc21.[Pt]. The van der Waals surface area contributed by atoms with Crippen molar-refractivity contribution in [3.63, 3.8) is 0 Å². The number of nitrogens with zero attached hydrogens (tertiary/aromatic N) is 5. The fourth-order valence-corrected chi connectivity index (χ4v) is 12.9. The Bertz CT molecular complexity index is 4610. The Balaban J connectivity index is 0.00000564. The Hall–Kier alpha value is -9.74. The zero-order valence-corrected chi connectivity index (χ0v) is 46.2. The number of anilines is 4. The van der Waals surface area contributed by atoms with Gasteiger partial charge in [-0.1, -0.05) is 181 Å². The molecule has 0 radical (unpaired) electrons. The van der Waals surface area contributed by atoms with E-state index < -0.39 is 0 Å². The third kappa shape index (κ3) is 7.62. The quantitative estimate of drug-likeness (QED) is 0.135. The van der Waals surface area contributed by atoms with Crippen molar-refractivity contribution in [3.8, 4) is 56.4 Å². The summed E-state index contributed by atoms with van der Waals surface area (Å²) in [5, 5.41) is 4.63. The fraction of sp³-hybridized carbons (Fsp3) is 0.0270. The number of hydrogen-bond donors (Lipinski definition) is 0. The van der Waals surface area contributed by atoms with Gasteiger partial charge in [0.25, 0.3) is 0 Å². The number of pyridine rings is 1. The fourth-order valence-electron chi connectivity index (χ4n) is 12.9. The van der Waals surface area contributed by atoms with E-state index in [4.69, 9.17) is 9.72 Å². The molecule has 2 aliphatic rings. The van der Waals surface area contributed by atoms with Gasteiger partial charge in [0.2, 0.25) is 0 Å². The van der Waals surface area contributed by atoms with Crippen LogP contribution in [-0.2, 0) is 26.5 Å². The van der Waals surface area contributed by atoms with E-state index in [1.54, 1.807) is 0 Å². The first-order valence-corrected chi connectivity index (χ1v) is 27.2. The number of fused-ring (bicyclic) bond motifs is 10. The van der Waals surface area contributed by atoms with Crippen LogP contribution in [0.1, 0.15) is 23.6 Å². The van der Waals surface area contributed by atoms with Gasteiger partial charge in [-0.05, 0) is 106 Å². The predicted octanol–water partition coefficient (Wildman–Crippen LogP) is 18.7. The van der Waals surface area contributed by atoms with Crippen LogP contribution in [0.25, 0.3) is 88.5 Å². The van der Waals surface area contributed by atoms with Gasteiger partial charge in [0.15, 0.2) is 0 Å². The average Bonchev–Trinajstić information content (AvgIpc) is 4.42. The van der Waals surface area contributed by atoms with Crippen molar-refractivity contribution in [2.24, 2.45) is 0 Å². The number of hydrogen-bond acceptors (Lipinski definition) is 4. The van der Waals surface area contributed by atoms with Crippen LogP contribution in [0.5, 0.6) is 11.5 Å². The van der Waals surface area contributed by atoms with Crippen molar-refractivity contribution in [2.45, 2.75) is 12.3 Å². The molecule has 14 aromatic rings. The maximum absolute atomic E-state index is 6.83. The van der Waals surface area contributed by atoms with Crippen molar-refractivity contribution in [2.75, 3.05) is 9.80 Å². The minimum atomic E-state index is -0.375. The van der Waals surface area contributed by atoms with Crippen molar-refractivity contribution in [1.82, 2.24) is 14.1 Å². The Morgan fingerprint density at radius 2 is 0.951 bits per heavy atom. The summed E-state index contributed by atoms with van der Waals surface area (Å²) in [6, 6.07) is 101. The summed E-state index contributed by atoms with van der Waals surface area (Å²) in [7, 11) is 0. The predicted molar refractivity (Wildman–Crippen MR) is 327 cm³/mol. The third-order valence-electron chi connectivity index (χ3n) is 16.5. The van der Waals surface area contributed by atoms with Gasteiger partial charge in [0.05, 0.1) is 11.0 Å². The molecule has 0 saturated heterocycles. The van der Waals surface area contributed by atoms with Gasteiger partial charge in [-0.25, -0.2) is 4.98 Å². The summed E-state index contributed by atoms with van der Waals surface area (Å²) in [6.45, 7) is 4.55. The maximum atomic E-state index is 6.83. The van der Waals surface area contributed by atoms with E-state index in [-0.39, 0.29) is 26.5 Å². The first-order valence-electron chi connectivity index (χ1n) is 27.2. The summed E-state index contributed by atoms with van der Waals surface area (Å²) in [5.74, 6) is 1.97. The van der Waals surface area contributed by atoms with Gasteiger partial charge in [-0.3, -0.25) is 0 Å². The Morgan fingerprint density at radius 3 is 1.58 bits per heavy atom. The van der Waals surface area contributed by atoms with E-state index in [2.05, 4.69) is 287 Å². The van der Waals surface area contributed by atoms with Crippen LogP contribution in [0.3, 0.4) is 0 Å². The van der Waals surface area contributed by atoms with E-state index in [9.17, 15) is 0 Å². The minimum Gasteiger partial charge on any atom is -0.509 e. The second-order valence-corrected chi connectivity index (χ2v) is 20.9. The molecule has 0 bridgehead atoms. The van der Waals surface area contributed by atoms with Crippen LogP contribution in [0, 0.1) is 18.8 Å². The molecular weight excluding hydrogens is 1170 g/mol. The first-order chi connectivity index (χ1) is 39.6. The smallest absolute Gasteiger partial charge is 0.135 e. The molecule has 0 saturated carbocycles. The van der Waals surface area contributed by atoms with Gasteiger partial charge >= 0.3 is 0 Å². The van der Waals surface area contributed by atoms with E-state index in [0.717, 1.165) is 89.3 Å². The molecule has 7 heteroatoms. The second kappa shape index (κ2) is 19.3. The van der Waals surface area contributed by atoms with Crippen LogP contribution >= 0.6 is 0 Å². The molecular formula is C74H48N5OPt-3. The van der Waals surface area contributed by atoms with E-state index in [1.807, 2.05) is 24.4 Å². The van der Waals surface area contributed by atoms with Crippen LogP contribution < -0.4 is 14.5 Å². The van der Waals surface area contributed by atoms with Gasteiger partial charge in [-0.2, -0.15) is 12.1 Å². The topological polar surface area (TPSA) is 38.5 Å². The monoisotopic (exact) mass is 1220 g/mol. The van der Waals surface area contributed by atoms with Crippen molar-refractivity contribution < 1.29 is 25.8 Å². The molecule has 0 amide bonds. The average molecular weight is 1220 g/mol. The molecule has 0 atom stereocenters. The van der Waals surface area contributed by atoms with Crippen molar-refractivity contribution in [1.29, 1.82) is 0 Å². The maximum Gasteiger partial charge on any atom is 0.135 e. The number of para-hydroxylation sites is 5. The Labute approximate surface area is 484 Å². The Kier molecular flexibility index (Phi) is 11.5. The summed E-state index contributed by atoms with van der Waals surface area (Å²) >= 11 is 0. The summed E-state index contributed by atoms with van der Waals surface area (Å²) in [5.41, 5.74) is 19.7. The van der Waals surface area contributed by atoms with Crippen LogP contribution in [0.2, 0.25) is 0 Å². The molecule has 3 aromatic heterocycles. The van der Waals surface area contributed by atoms with Crippen LogP contribution in [-0.4, -0.2) is 14.1 Å². The van der Waals surface area contributed by atoms with Gasteiger partial charge < -0.3 is 23.7 Å². The Morgan fingerprint density at radius 1 is 0.432 bits per heavy atom. The minimum absolute atomic E-state index is 0. The summed E-state index contributed by atoms with van der Waals surface area (Å²) in [6.07, 6.45) is 1.95. The molecule has 4 heterocycles. The molecule has 1 aliphatic carbocycles. The normalized spacial score (nSPS) is 13.1.